The van der Waals surface area contributed by atoms with Crippen molar-refractivity contribution < 1.29 is 9.47 Å². The first-order chi connectivity index (χ1) is 10.4. The van der Waals surface area contributed by atoms with Gasteiger partial charge in [-0.2, -0.15) is 0 Å². The molecule has 0 N–H and O–H groups in total. The van der Waals surface area contributed by atoms with Gasteiger partial charge >= 0.3 is 0 Å². The molecule has 0 radical (unpaired) electrons. The Balaban J connectivity index is 2.03. The van der Waals surface area contributed by atoms with E-state index in [0.717, 1.165) is 16.2 Å². The molecule has 0 aliphatic carbocycles. The number of methoxy groups -OCH3 is 1. The van der Waals surface area contributed by atoms with Gasteiger partial charge in [0, 0.05) is 12.0 Å². The molecule has 3 rings (SSSR count). The number of rotatable bonds is 5. The normalized spacial score (nSPS) is 10.5. The Morgan fingerprint density at radius 3 is 2.10 bits per heavy atom. The lowest BCUT2D eigenvalue weighted by atomic mass is 10.1. The fraction of sp³-hybridized carbons (Fsp3) is 0.111. The second-order valence-electron chi connectivity index (χ2n) is 4.59. The smallest absolute Gasteiger partial charge is 0.188 e. The van der Waals surface area contributed by atoms with Gasteiger partial charge in [0.1, 0.15) is 5.75 Å². The van der Waals surface area contributed by atoms with Crippen LogP contribution in [0.15, 0.2) is 66.7 Å². The molecule has 1 aromatic heterocycles. The SMILES string of the molecule is COCOc1cc(-c2ccccc2)sc1-c1ccccc1. The summed E-state index contributed by atoms with van der Waals surface area (Å²) >= 11 is 1.74. The predicted octanol–water partition coefficient (Wildman–Crippen LogP) is 5.06. The van der Waals surface area contributed by atoms with Crippen LogP contribution in [-0.4, -0.2) is 13.9 Å². The molecule has 2 nitrogen and oxygen atoms in total. The van der Waals surface area contributed by atoms with E-state index < -0.39 is 0 Å². The molecule has 21 heavy (non-hydrogen) atoms. The van der Waals surface area contributed by atoms with Crippen molar-refractivity contribution in [1.82, 2.24) is 0 Å². The van der Waals surface area contributed by atoms with Crippen molar-refractivity contribution in [1.29, 1.82) is 0 Å². The first-order valence-electron chi connectivity index (χ1n) is 6.75. The van der Waals surface area contributed by atoms with E-state index in [-0.39, 0.29) is 6.79 Å². The molecule has 0 spiro atoms. The Kier molecular flexibility index (Phi) is 4.34. The van der Waals surface area contributed by atoms with Gasteiger partial charge in [-0.05, 0) is 17.2 Å². The van der Waals surface area contributed by atoms with E-state index in [4.69, 9.17) is 9.47 Å². The van der Waals surface area contributed by atoms with Crippen LogP contribution in [0.5, 0.6) is 5.75 Å². The standard InChI is InChI=1S/C18H16O2S/c1-19-13-20-16-12-17(14-8-4-2-5-9-14)21-18(16)15-10-6-3-7-11-15/h2-12H,13H2,1H3. The first kappa shape index (κ1) is 13.9. The maximum atomic E-state index is 5.73. The van der Waals surface area contributed by atoms with Crippen molar-refractivity contribution in [2.45, 2.75) is 0 Å². The third kappa shape index (κ3) is 3.15. The molecular weight excluding hydrogens is 280 g/mol. The highest BCUT2D eigenvalue weighted by atomic mass is 32.1. The van der Waals surface area contributed by atoms with Gasteiger partial charge in [0.05, 0.1) is 4.88 Å². The second-order valence-corrected chi connectivity index (χ2v) is 5.64. The summed E-state index contributed by atoms with van der Waals surface area (Å²) in [6.45, 7) is 0.255. The molecule has 0 saturated heterocycles. The van der Waals surface area contributed by atoms with E-state index in [1.165, 1.54) is 10.4 Å². The van der Waals surface area contributed by atoms with Crippen LogP contribution in [0.4, 0.5) is 0 Å². The number of thiophene rings is 1. The Morgan fingerprint density at radius 2 is 1.48 bits per heavy atom. The van der Waals surface area contributed by atoms with Gasteiger partial charge in [0.2, 0.25) is 0 Å². The van der Waals surface area contributed by atoms with E-state index in [1.807, 2.05) is 36.4 Å². The molecule has 0 atom stereocenters. The topological polar surface area (TPSA) is 18.5 Å². The highest BCUT2D eigenvalue weighted by molar-refractivity contribution is 7.19. The molecule has 0 aliphatic heterocycles. The Hall–Kier alpha value is -2.10. The minimum Gasteiger partial charge on any atom is -0.466 e. The summed E-state index contributed by atoms with van der Waals surface area (Å²) in [5, 5.41) is 0. The van der Waals surface area contributed by atoms with Crippen LogP contribution in [0.25, 0.3) is 20.9 Å². The van der Waals surface area contributed by atoms with Crippen molar-refractivity contribution in [2.24, 2.45) is 0 Å². The van der Waals surface area contributed by atoms with Gasteiger partial charge in [-0.25, -0.2) is 0 Å². The Labute approximate surface area is 128 Å². The molecule has 0 bridgehead atoms. The number of ether oxygens (including phenoxy) is 2. The van der Waals surface area contributed by atoms with Crippen LogP contribution in [-0.2, 0) is 4.74 Å². The second kappa shape index (κ2) is 6.57. The maximum Gasteiger partial charge on any atom is 0.188 e. The lowest BCUT2D eigenvalue weighted by molar-refractivity contribution is 0.0518. The molecule has 0 aliphatic rings. The number of hydrogen-bond donors (Lipinski definition) is 0. The molecule has 0 unspecified atom stereocenters. The van der Waals surface area contributed by atoms with Crippen LogP contribution in [0, 0.1) is 0 Å². The average Bonchev–Trinajstić information content (AvgIpc) is 2.99. The fourth-order valence-corrected chi connectivity index (χ4v) is 3.25. The summed E-state index contributed by atoms with van der Waals surface area (Å²) in [4.78, 5) is 2.33. The Bertz CT molecular complexity index is 690. The zero-order chi connectivity index (χ0) is 14.5. The summed E-state index contributed by atoms with van der Waals surface area (Å²) in [5.74, 6) is 0.868. The van der Waals surface area contributed by atoms with Crippen LogP contribution in [0.2, 0.25) is 0 Å². The molecule has 2 aromatic carbocycles. The van der Waals surface area contributed by atoms with Crippen LogP contribution < -0.4 is 4.74 Å². The van der Waals surface area contributed by atoms with E-state index in [0.29, 0.717) is 0 Å². The summed E-state index contributed by atoms with van der Waals surface area (Å²) in [6.07, 6.45) is 0. The van der Waals surface area contributed by atoms with Crippen LogP contribution in [0.3, 0.4) is 0 Å². The Morgan fingerprint density at radius 1 is 0.857 bits per heavy atom. The van der Waals surface area contributed by atoms with Gasteiger partial charge < -0.3 is 9.47 Å². The fourth-order valence-electron chi connectivity index (χ4n) is 2.14. The summed E-state index contributed by atoms with van der Waals surface area (Å²) in [6, 6.07) is 22.7. The van der Waals surface area contributed by atoms with Crippen LogP contribution >= 0.6 is 11.3 Å². The number of benzene rings is 2. The van der Waals surface area contributed by atoms with Crippen molar-refractivity contribution >= 4 is 11.3 Å². The molecule has 0 amide bonds. The summed E-state index contributed by atoms with van der Waals surface area (Å²) in [5.41, 5.74) is 2.36. The highest BCUT2D eigenvalue weighted by Crippen LogP contribution is 2.42. The summed E-state index contributed by atoms with van der Waals surface area (Å²) in [7, 11) is 1.63. The van der Waals surface area contributed by atoms with Crippen molar-refractivity contribution in [2.75, 3.05) is 13.9 Å². The first-order valence-corrected chi connectivity index (χ1v) is 7.56. The van der Waals surface area contributed by atoms with Crippen molar-refractivity contribution in [3.05, 3.63) is 66.7 Å². The monoisotopic (exact) mass is 296 g/mol. The van der Waals surface area contributed by atoms with Crippen molar-refractivity contribution in [3.63, 3.8) is 0 Å². The zero-order valence-electron chi connectivity index (χ0n) is 11.8. The molecule has 106 valence electrons. The molecule has 1 heterocycles. The third-order valence-corrected chi connectivity index (χ3v) is 4.34. The largest absolute Gasteiger partial charge is 0.466 e. The van der Waals surface area contributed by atoms with E-state index in [9.17, 15) is 0 Å². The van der Waals surface area contributed by atoms with E-state index in [2.05, 4.69) is 30.3 Å². The molecule has 3 aromatic rings. The van der Waals surface area contributed by atoms with Gasteiger partial charge in [0.25, 0.3) is 0 Å². The predicted molar refractivity (Wildman–Crippen MR) is 87.7 cm³/mol. The number of hydrogen-bond acceptors (Lipinski definition) is 3. The minimum absolute atomic E-state index is 0.255. The van der Waals surface area contributed by atoms with Crippen molar-refractivity contribution in [3.8, 4) is 26.6 Å². The van der Waals surface area contributed by atoms with Gasteiger partial charge in [-0.3, -0.25) is 0 Å². The summed E-state index contributed by atoms with van der Waals surface area (Å²) < 4.78 is 10.8. The highest BCUT2D eigenvalue weighted by Gasteiger charge is 2.13. The lowest BCUT2D eigenvalue weighted by Gasteiger charge is -2.05. The van der Waals surface area contributed by atoms with E-state index in [1.54, 1.807) is 18.4 Å². The molecule has 0 fully saturated rings. The van der Waals surface area contributed by atoms with Gasteiger partial charge in [0.15, 0.2) is 6.79 Å². The van der Waals surface area contributed by atoms with E-state index >= 15 is 0 Å². The van der Waals surface area contributed by atoms with Gasteiger partial charge in [-0.1, -0.05) is 60.7 Å². The molecule has 0 saturated carbocycles. The zero-order valence-corrected chi connectivity index (χ0v) is 12.6. The molecule has 3 heteroatoms. The minimum atomic E-state index is 0.255. The van der Waals surface area contributed by atoms with Crippen LogP contribution in [0.1, 0.15) is 0 Å². The quantitative estimate of drug-likeness (QED) is 0.612. The lowest BCUT2D eigenvalue weighted by Crippen LogP contribution is -1.98. The molecular formula is C18H16O2S. The average molecular weight is 296 g/mol. The maximum absolute atomic E-state index is 5.73. The third-order valence-electron chi connectivity index (χ3n) is 3.12. The van der Waals surface area contributed by atoms with Gasteiger partial charge in [-0.15, -0.1) is 11.3 Å².